The van der Waals surface area contributed by atoms with Crippen LogP contribution in [0.15, 0.2) is 36.4 Å². The van der Waals surface area contributed by atoms with Gasteiger partial charge < -0.3 is 19.3 Å². The molecule has 4 rings (SSSR count). The van der Waals surface area contributed by atoms with Crippen LogP contribution >= 0.6 is 11.3 Å². The Morgan fingerprint density at radius 1 is 1.10 bits per heavy atom. The Bertz CT molecular complexity index is 1020. The van der Waals surface area contributed by atoms with Crippen molar-refractivity contribution in [1.29, 1.82) is 0 Å². The summed E-state index contributed by atoms with van der Waals surface area (Å²) < 4.78 is 17.8. The zero-order valence-corrected chi connectivity index (χ0v) is 18.6. The standard InChI is InChI=1S/C23H26N2O5S/c1-28-17-12-15(13-18(29-2)21(17)30-3)20(25-10-8-14(9-11-25)23(26)27)22-24-16-6-4-5-7-19(16)31-22/h4-7,12-14,20H,8-11H2,1-3H3,(H,26,27). The molecule has 1 atom stereocenters. The third-order valence-corrected chi connectivity index (χ3v) is 6.88. The topological polar surface area (TPSA) is 81.1 Å². The van der Waals surface area contributed by atoms with Crippen molar-refractivity contribution in [1.82, 2.24) is 9.88 Å². The van der Waals surface area contributed by atoms with E-state index in [2.05, 4.69) is 11.0 Å². The first-order valence-electron chi connectivity index (χ1n) is 10.2. The molecule has 0 aliphatic carbocycles. The van der Waals surface area contributed by atoms with Crippen LogP contribution in [0.3, 0.4) is 0 Å². The summed E-state index contributed by atoms with van der Waals surface area (Å²) in [6.07, 6.45) is 1.22. The predicted octanol–water partition coefficient (Wildman–Crippen LogP) is 4.21. The number of fused-ring (bicyclic) bond motifs is 1. The summed E-state index contributed by atoms with van der Waals surface area (Å²) in [5, 5.41) is 10.4. The molecule has 2 heterocycles. The zero-order valence-electron chi connectivity index (χ0n) is 17.8. The van der Waals surface area contributed by atoms with Gasteiger partial charge in [0.1, 0.15) is 5.01 Å². The quantitative estimate of drug-likeness (QED) is 0.587. The van der Waals surface area contributed by atoms with Gasteiger partial charge in [-0.25, -0.2) is 4.98 Å². The van der Waals surface area contributed by atoms with Crippen LogP contribution in [-0.2, 0) is 4.79 Å². The van der Waals surface area contributed by atoms with Crippen molar-refractivity contribution in [2.45, 2.75) is 18.9 Å². The first-order chi connectivity index (χ1) is 15.0. The molecule has 1 aliphatic rings. The Balaban J connectivity index is 1.80. The molecule has 0 bridgehead atoms. The van der Waals surface area contributed by atoms with E-state index in [1.807, 2.05) is 30.3 Å². The minimum Gasteiger partial charge on any atom is -0.493 e. The molecule has 1 aromatic heterocycles. The number of ether oxygens (including phenoxy) is 3. The molecule has 1 N–H and O–H groups in total. The van der Waals surface area contributed by atoms with Gasteiger partial charge in [0.05, 0.1) is 43.5 Å². The van der Waals surface area contributed by atoms with E-state index < -0.39 is 5.97 Å². The fraction of sp³-hybridized carbons (Fsp3) is 0.391. The highest BCUT2D eigenvalue weighted by Gasteiger charge is 2.33. The molecule has 3 aromatic rings. The summed E-state index contributed by atoms with van der Waals surface area (Å²) >= 11 is 1.66. The van der Waals surface area contributed by atoms with Gasteiger partial charge in [0.25, 0.3) is 0 Å². The fourth-order valence-electron chi connectivity index (χ4n) is 4.18. The number of likely N-dealkylation sites (tertiary alicyclic amines) is 1. The average molecular weight is 443 g/mol. The Hall–Kier alpha value is -2.84. The van der Waals surface area contributed by atoms with Crippen molar-refractivity contribution < 1.29 is 24.1 Å². The van der Waals surface area contributed by atoms with E-state index in [1.165, 1.54) is 0 Å². The summed E-state index contributed by atoms with van der Waals surface area (Å²) in [5.41, 5.74) is 1.93. The molecule has 7 nitrogen and oxygen atoms in total. The molecule has 1 fully saturated rings. The zero-order chi connectivity index (χ0) is 22.0. The highest BCUT2D eigenvalue weighted by molar-refractivity contribution is 7.18. The van der Waals surface area contributed by atoms with Gasteiger partial charge in [0.2, 0.25) is 5.75 Å². The van der Waals surface area contributed by atoms with E-state index in [9.17, 15) is 9.90 Å². The molecular formula is C23H26N2O5S. The molecule has 164 valence electrons. The molecule has 1 unspecified atom stereocenters. The van der Waals surface area contributed by atoms with E-state index in [1.54, 1.807) is 32.7 Å². The van der Waals surface area contributed by atoms with Crippen LogP contribution in [0.5, 0.6) is 17.2 Å². The van der Waals surface area contributed by atoms with Crippen molar-refractivity contribution >= 4 is 27.5 Å². The normalized spacial score (nSPS) is 16.2. The summed E-state index contributed by atoms with van der Waals surface area (Å²) in [4.78, 5) is 18.7. The second kappa shape index (κ2) is 9.11. The molecule has 1 aliphatic heterocycles. The van der Waals surface area contributed by atoms with Crippen LogP contribution < -0.4 is 14.2 Å². The molecule has 0 radical (unpaired) electrons. The number of hydrogen-bond acceptors (Lipinski definition) is 7. The van der Waals surface area contributed by atoms with Gasteiger partial charge >= 0.3 is 5.97 Å². The smallest absolute Gasteiger partial charge is 0.306 e. The number of carboxylic acids is 1. The highest BCUT2D eigenvalue weighted by Crippen LogP contribution is 2.44. The summed E-state index contributed by atoms with van der Waals surface area (Å²) in [6, 6.07) is 11.9. The van der Waals surface area contributed by atoms with Gasteiger partial charge in [0.15, 0.2) is 11.5 Å². The lowest BCUT2D eigenvalue weighted by Gasteiger charge is -2.36. The summed E-state index contributed by atoms with van der Waals surface area (Å²) in [7, 11) is 4.79. The van der Waals surface area contributed by atoms with Gasteiger partial charge in [-0.3, -0.25) is 9.69 Å². The van der Waals surface area contributed by atoms with Crippen molar-refractivity contribution in [2.24, 2.45) is 5.92 Å². The monoisotopic (exact) mass is 442 g/mol. The molecule has 2 aromatic carbocycles. The largest absolute Gasteiger partial charge is 0.493 e. The Morgan fingerprint density at radius 2 is 1.74 bits per heavy atom. The Kier molecular flexibility index (Phi) is 6.29. The number of aromatic nitrogens is 1. The van der Waals surface area contributed by atoms with Crippen molar-refractivity contribution in [3.05, 3.63) is 47.0 Å². The SMILES string of the molecule is COc1cc(C(c2nc3ccccc3s2)N2CCC(C(=O)O)CC2)cc(OC)c1OC. The molecular weight excluding hydrogens is 416 g/mol. The molecule has 31 heavy (non-hydrogen) atoms. The van der Waals surface area contributed by atoms with Gasteiger partial charge in [-0.1, -0.05) is 12.1 Å². The number of aliphatic carboxylic acids is 1. The maximum atomic E-state index is 11.5. The van der Waals surface area contributed by atoms with Crippen LogP contribution in [0, 0.1) is 5.92 Å². The van der Waals surface area contributed by atoms with Crippen molar-refractivity contribution in [2.75, 3.05) is 34.4 Å². The Morgan fingerprint density at radius 3 is 2.29 bits per heavy atom. The van der Waals surface area contributed by atoms with E-state index in [-0.39, 0.29) is 12.0 Å². The van der Waals surface area contributed by atoms with E-state index >= 15 is 0 Å². The third kappa shape index (κ3) is 4.18. The number of thiazole rings is 1. The molecule has 8 heteroatoms. The molecule has 0 amide bonds. The minimum absolute atomic E-state index is 0.138. The fourth-order valence-corrected chi connectivity index (χ4v) is 5.31. The average Bonchev–Trinajstić information content (AvgIpc) is 3.22. The van der Waals surface area contributed by atoms with Crippen LogP contribution in [0.25, 0.3) is 10.2 Å². The second-order valence-corrected chi connectivity index (χ2v) is 8.59. The van der Waals surface area contributed by atoms with Crippen molar-refractivity contribution in [3.63, 3.8) is 0 Å². The second-order valence-electron chi connectivity index (χ2n) is 7.53. The lowest BCUT2D eigenvalue weighted by Crippen LogP contribution is -2.39. The molecule has 0 saturated carbocycles. The summed E-state index contributed by atoms with van der Waals surface area (Å²) in [5.74, 6) is 0.698. The first-order valence-corrected chi connectivity index (χ1v) is 11.0. The number of carboxylic acid groups (broad SMARTS) is 1. The Labute approximate surface area is 185 Å². The number of hydrogen-bond donors (Lipinski definition) is 1. The molecule has 1 saturated heterocycles. The van der Waals surface area contributed by atoms with Crippen LogP contribution in [-0.4, -0.2) is 55.4 Å². The van der Waals surface area contributed by atoms with Crippen LogP contribution in [0.1, 0.15) is 29.5 Å². The highest BCUT2D eigenvalue weighted by atomic mass is 32.1. The number of nitrogens with zero attached hydrogens (tertiary/aromatic N) is 2. The maximum Gasteiger partial charge on any atom is 0.306 e. The number of piperidine rings is 1. The van der Waals surface area contributed by atoms with Crippen LogP contribution in [0.2, 0.25) is 0 Å². The number of rotatable bonds is 7. The minimum atomic E-state index is -0.719. The summed E-state index contributed by atoms with van der Waals surface area (Å²) in [6.45, 7) is 1.35. The lowest BCUT2D eigenvalue weighted by atomic mass is 9.94. The number of methoxy groups -OCH3 is 3. The van der Waals surface area contributed by atoms with Crippen LogP contribution in [0.4, 0.5) is 0 Å². The van der Waals surface area contributed by atoms with Crippen molar-refractivity contribution in [3.8, 4) is 17.2 Å². The first kappa shape index (κ1) is 21.4. The van der Waals surface area contributed by atoms with E-state index in [4.69, 9.17) is 19.2 Å². The van der Waals surface area contributed by atoms with Gasteiger partial charge in [-0.2, -0.15) is 0 Å². The third-order valence-electron chi connectivity index (χ3n) is 5.79. The molecule has 0 spiro atoms. The maximum absolute atomic E-state index is 11.5. The number of benzene rings is 2. The number of para-hydroxylation sites is 1. The lowest BCUT2D eigenvalue weighted by molar-refractivity contribution is -0.143. The number of carbonyl (C=O) groups is 1. The van der Waals surface area contributed by atoms with Gasteiger partial charge in [-0.15, -0.1) is 11.3 Å². The van der Waals surface area contributed by atoms with Gasteiger partial charge in [-0.05, 0) is 55.8 Å². The van der Waals surface area contributed by atoms with Gasteiger partial charge in [0, 0.05) is 0 Å². The van der Waals surface area contributed by atoms with E-state index in [0.717, 1.165) is 20.8 Å². The van der Waals surface area contributed by atoms with E-state index in [0.29, 0.717) is 43.2 Å². The predicted molar refractivity (Wildman–Crippen MR) is 119 cm³/mol.